The number of likely N-dealkylation sites (tertiary alicyclic amines) is 1. The molecule has 3 rings (SSSR count). The monoisotopic (exact) mass is 288 g/mol. The number of hydrogen-bond acceptors (Lipinski definition) is 3. The van der Waals surface area contributed by atoms with Gasteiger partial charge in [0.2, 0.25) is 0 Å². The zero-order chi connectivity index (χ0) is 14.7. The molecular formula is C18H28N2O. The molecule has 0 radical (unpaired) electrons. The average Bonchev–Trinajstić information content (AvgIpc) is 3.06. The van der Waals surface area contributed by atoms with Gasteiger partial charge in [-0.25, -0.2) is 0 Å². The molecule has 0 bridgehead atoms. The van der Waals surface area contributed by atoms with E-state index in [1.165, 1.54) is 24.8 Å². The van der Waals surface area contributed by atoms with Crippen molar-refractivity contribution in [3.8, 4) is 0 Å². The van der Waals surface area contributed by atoms with E-state index >= 15 is 0 Å². The fourth-order valence-corrected chi connectivity index (χ4v) is 3.83. The molecule has 0 amide bonds. The highest BCUT2D eigenvalue weighted by molar-refractivity contribution is 5.15. The lowest BCUT2D eigenvalue weighted by Gasteiger charge is -2.25. The van der Waals surface area contributed by atoms with Gasteiger partial charge in [-0.1, -0.05) is 43.2 Å². The third-order valence-electron chi connectivity index (χ3n) is 5.19. The second-order valence-electron chi connectivity index (χ2n) is 7.01. The molecule has 1 saturated heterocycles. The van der Waals surface area contributed by atoms with Crippen molar-refractivity contribution in [3.05, 3.63) is 35.9 Å². The van der Waals surface area contributed by atoms with E-state index in [0.29, 0.717) is 12.1 Å². The summed E-state index contributed by atoms with van der Waals surface area (Å²) >= 11 is 0. The van der Waals surface area contributed by atoms with Gasteiger partial charge in [0.15, 0.2) is 0 Å². The topological polar surface area (TPSA) is 35.5 Å². The normalized spacial score (nSPS) is 29.0. The van der Waals surface area contributed by atoms with Gasteiger partial charge in [0.25, 0.3) is 0 Å². The SMILES string of the molecule is CC1CC(NCC2(O)CCCC2)CN1Cc1ccccc1. The van der Waals surface area contributed by atoms with Gasteiger partial charge in [0.05, 0.1) is 5.60 Å². The Hall–Kier alpha value is -0.900. The lowest BCUT2D eigenvalue weighted by atomic mass is 10.0. The maximum absolute atomic E-state index is 10.4. The zero-order valence-electron chi connectivity index (χ0n) is 13.1. The predicted molar refractivity (Wildman–Crippen MR) is 86.1 cm³/mol. The molecule has 2 fully saturated rings. The molecule has 1 aliphatic carbocycles. The number of nitrogens with zero attached hydrogens (tertiary/aromatic N) is 1. The molecule has 0 aromatic heterocycles. The first-order chi connectivity index (χ1) is 10.1. The second-order valence-corrected chi connectivity index (χ2v) is 7.01. The van der Waals surface area contributed by atoms with Crippen molar-refractivity contribution in [1.29, 1.82) is 0 Å². The minimum absolute atomic E-state index is 0.434. The van der Waals surface area contributed by atoms with Crippen molar-refractivity contribution in [1.82, 2.24) is 10.2 Å². The quantitative estimate of drug-likeness (QED) is 0.874. The molecule has 2 aliphatic rings. The van der Waals surface area contributed by atoms with E-state index in [0.717, 1.165) is 32.5 Å². The third-order valence-corrected chi connectivity index (χ3v) is 5.19. The van der Waals surface area contributed by atoms with Crippen LogP contribution in [0.1, 0.15) is 44.6 Å². The number of rotatable bonds is 5. The van der Waals surface area contributed by atoms with Gasteiger partial charge in [-0.2, -0.15) is 0 Å². The Morgan fingerprint density at radius 2 is 1.95 bits per heavy atom. The van der Waals surface area contributed by atoms with Crippen molar-refractivity contribution in [2.75, 3.05) is 13.1 Å². The minimum Gasteiger partial charge on any atom is -0.389 e. The summed E-state index contributed by atoms with van der Waals surface area (Å²) < 4.78 is 0. The van der Waals surface area contributed by atoms with Gasteiger partial charge in [-0.05, 0) is 31.7 Å². The van der Waals surface area contributed by atoms with Crippen LogP contribution in [0.15, 0.2) is 30.3 Å². The molecule has 2 unspecified atom stereocenters. The summed E-state index contributed by atoms with van der Waals surface area (Å²) in [6, 6.07) is 11.8. The lowest BCUT2D eigenvalue weighted by Crippen LogP contribution is -2.43. The molecule has 3 nitrogen and oxygen atoms in total. The highest BCUT2D eigenvalue weighted by Gasteiger charge is 2.34. The fourth-order valence-electron chi connectivity index (χ4n) is 3.83. The number of hydrogen-bond donors (Lipinski definition) is 2. The first kappa shape index (κ1) is 15.0. The van der Waals surface area contributed by atoms with Crippen LogP contribution in [0.25, 0.3) is 0 Å². The van der Waals surface area contributed by atoms with Crippen LogP contribution in [0.4, 0.5) is 0 Å². The Kier molecular flexibility index (Phi) is 4.63. The van der Waals surface area contributed by atoms with Crippen LogP contribution in [-0.4, -0.2) is 40.8 Å². The predicted octanol–water partition coefficient (Wildman–Crippen LogP) is 2.54. The van der Waals surface area contributed by atoms with Crippen molar-refractivity contribution in [2.24, 2.45) is 0 Å². The van der Waals surface area contributed by atoms with E-state index in [9.17, 15) is 5.11 Å². The molecule has 2 N–H and O–H groups in total. The highest BCUT2D eigenvalue weighted by Crippen LogP contribution is 2.29. The smallest absolute Gasteiger partial charge is 0.0771 e. The van der Waals surface area contributed by atoms with Gasteiger partial charge in [0.1, 0.15) is 0 Å². The Morgan fingerprint density at radius 3 is 2.67 bits per heavy atom. The van der Waals surface area contributed by atoms with Gasteiger partial charge < -0.3 is 10.4 Å². The van der Waals surface area contributed by atoms with E-state index < -0.39 is 5.60 Å². The maximum Gasteiger partial charge on any atom is 0.0771 e. The third kappa shape index (κ3) is 3.85. The molecule has 2 atom stereocenters. The Bertz CT molecular complexity index is 442. The van der Waals surface area contributed by atoms with E-state index in [2.05, 4.69) is 47.5 Å². The summed E-state index contributed by atoms with van der Waals surface area (Å²) in [5, 5.41) is 14.1. The molecule has 1 aromatic rings. The Labute approximate surface area is 128 Å². The van der Waals surface area contributed by atoms with Crippen LogP contribution in [-0.2, 0) is 6.54 Å². The lowest BCUT2D eigenvalue weighted by molar-refractivity contribution is 0.0450. The molecule has 21 heavy (non-hydrogen) atoms. The molecule has 0 spiro atoms. The largest absolute Gasteiger partial charge is 0.389 e. The highest BCUT2D eigenvalue weighted by atomic mass is 16.3. The molecular weight excluding hydrogens is 260 g/mol. The second kappa shape index (κ2) is 6.47. The van der Waals surface area contributed by atoms with E-state index in [1.807, 2.05) is 0 Å². The Morgan fingerprint density at radius 1 is 1.24 bits per heavy atom. The van der Waals surface area contributed by atoms with Gasteiger partial charge in [-0.15, -0.1) is 0 Å². The number of nitrogens with one attached hydrogen (secondary N) is 1. The van der Waals surface area contributed by atoms with Crippen molar-refractivity contribution < 1.29 is 5.11 Å². The van der Waals surface area contributed by atoms with Crippen molar-refractivity contribution >= 4 is 0 Å². The Balaban J connectivity index is 1.49. The summed E-state index contributed by atoms with van der Waals surface area (Å²) in [5.41, 5.74) is 0.954. The van der Waals surface area contributed by atoms with Crippen molar-refractivity contribution in [3.63, 3.8) is 0 Å². The van der Waals surface area contributed by atoms with E-state index in [1.54, 1.807) is 0 Å². The van der Waals surface area contributed by atoms with Crippen molar-refractivity contribution in [2.45, 2.75) is 63.3 Å². The average molecular weight is 288 g/mol. The fraction of sp³-hybridized carbons (Fsp3) is 0.667. The number of aliphatic hydroxyl groups is 1. The summed E-state index contributed by atoms with van der Waals surface area (Å²) in [4.78, 5) is 2.55. The summed E-state index contributed by atoms with van der Waals surface area (Å²) in [6.45, 7) is 5.20. The van der Waals surface area contributed by atoms with Gasteiger partial charge in [-0.3, -0.25) is 4.90 Å². The molecule has 116 valence electrons. The van der Waals surface area contributed by atoms with Crippen LogP contribution in [0, 0.1) is 0 Å². The van der Waals surface area contributed by atoms with Crippen LogP contribution in [0.5, 0.6) is 0 Å². The summed E-state index contributed by atoms with van der Waals surface area (Å²) in [7, 11) is 0. The van der Waals surface area contributed by atoms with Gasteiger partial charge in [0, 0.05) is 31.7 Å². The molecule has 1 heterocycles. The summed E-state index contributed by atoms with van der Waals surface area (Å²) in [6.07, 6.45) is 5.48. The van der Waals surface area contributed by atoms with E-state index in [-0.39, 0.29) is 0 Å². The standard InChI is InChI=1S/C18H28N2O/c1-15-11-17(19-14-18(21)9-5-6-10-18)13-20(15)12-16-7-3-2-4-8-16/h2-4,7-8,15,17,19,21H,5-6,9-14H2,1H3. The molecule has 1 aromatic carbocycles. The molecule has 1 aliphatic heterocycles. The van der Waals surface area contributed by atoms with Crippen LogP contribution in [0.2, 0.25) is 0 Å². The first-order valence-corrected chi connectivity index (χ1v) is 8.38. The van der Waals surface area contributed by atoms with Crippen LogP contribution in [0.3, 0.4) is 0 Å². The molecule has 1 saturated carbocycles. The first-order valence-electron chi connectivity index (χ1n) is 8.38. The molecule has 3 heteroatoms. The van der Waals surface area contributed by atoms with Crippen LogP contribution < -0.4 is 5.32 Å². The summed E-state index contributed by atoms with van der Waals surface area (Å²) in [5.74, 6) is 0. The minimum atomic E-state index is -0.434. The van der Waals surface area contributed by atoms with E-state index in [4.69, 9.17) is 0 Å². The van der Waals surface area contributed by atoms with Gasteiger partial charge >= 0.3 is 0 Å². The van der Waals surface area contributed by atoms with Crippen LogP contribution >= 0.6 is 0 Å². The zero-order valence-corrected chi connectivity index (χ0v) is 13.1. The number of benzene rings is 1. The maximum atomic E-state index is 10.4.